The van der Waals surface area contributed by atoms with Gasteiger partial charge in [-0.25, -0.2) is 0 Å². The van der Waals surface area contributed by atoms with E-state index in [-0.39, 0.29) is 5.91 Å². The minimum absolute atomic E-state index is 0.0271. The molecule has 1 heterocycles. The number of amides is 1. The topological polar surface area (TPSA) is 49.8 Å². The molecule has 0 radical (unpaired) electrons. The molecule has 0 spiro atoms. The number of likely N-dealkylation sites (tertiary alicyclic amines) is 1. The van der Waals surface area contributed by atoms with Crippen LogP contribution in [0.4, 0.5) is 0 Å². The van der Waals surface area contributed by atoms with Crippen LogP contribution in [0.3, 0.4) is 0 Å². The number of ether oxygens (including phenoxy) is 1. The first-order valence-electron chi connectivity index (χ1n) is 6.18. The van der Waals surface area contributed by atoms with Crippen molar-refractivity contribution in [3.05, 3.63) is 35.4 Å². The van der Waals surface area contributed by atoms with E-state index in [2.05, 4.69) is 0 Å². The van der Waals surface area contributed by atoms with Gasteiger partial charge >= 0.3 is 0 Å². The number of carbonyl (C=O) groups is 1. The van der Waals surface area contributed by atoms with Gasteiger partial charge in [-0.3, -0.25) is 4.79 Å². The summed E-state index contributed by atoms with van der Waals surface area (Å²) in [6.45, 7) is 3.20. The Morgan fingerprint density at radius 3 is 2.72 bits per heavy atom. The molecule has 4 heteroatoms. The van der Waals surface area contributed by atoms with E-state index in [9.17, 15) is 9.90 Å². The summed E-state index contributed by atoms with van der Waals surface area (Å²) in [5, 5.41) is 9.94. The highest BCUT2D eigenvalue weighted by Gasteiger charge is 2.42. The second-order valence-electron chi connectivity index (χ2n) is 4.83. The van der Waals surface area contributed by atoms with Crippen LogP contribution in [0.15, 0.2) is 24.3 Å². The molecule has 98 valence electrons. The summed E-state index contributed by atoms with van der Waals surface area (Å²) >= 11 is 0. The molecule has 2 rings (SSSR count). The number of carbonyl (C=O) groups excluding carboxylic acids is 1. The minimum Gasteiger partial charge on any atom is -0.386 e. The molecular formula is C14H19NO3. The zero-order valence-corrected chi connectivity index (χ0v) is 10.8. The van der Waals surface area contributed by atoms with E-state index in [0.29, 0.717) is 31.7 Å². The Morgan fingerprint density at radius 2 is 2.11 bits per heavy atom. The molecule has 0 unspecified atom stereocenters. The molecule has 0 bridgehead atoms. The lowest BCUT2D eigenvalue weighted by molar-refractivity contribution is -0.0827. The van der Waals surface area contributed by atoms with Crippen LogP contribution in [0.25, 0.3) is 0 Å². The number of β-amino-alcohol motifs (C(OH)–C–C–N with tert-alkyl or cyclic N) is 1. The first-order chi connectivity index (χ1) is 8.59. The second-order valence-corrected chi connectivity index (χ2v) is 4.83. The van der Waals surface area contributed by atoms with E-state index in [1.165, 1.54) is 0 Å². The third-order valence-corrected chi connectivity index (χ3v) is 3.46. The predicted molar refractivity (Wildman–Crippen MR) is 68.3 cm³/mol. The maximum atomic E-state index is 12.3. The molecule has 1 fully saturated rings. The van der Waals surface area contributed by atoms with Gasteiger partial charge < -0.3 is 14.7 Å². The normalized spacial score (nSPS) is 17.4. The number of aliphatic hydroxyl groups is 1. The molecule has 0 aliphatic carbocycles. The molecule has 18 heavy (non-hydrogen) atoms. The lowest BCUT2D eigenvalue weighted by atomic mass is 9.90. The third kappa shape index (κ3) is 2.40. The summed E-state index contributed by atoms with van der Waals surface area (Å²) in [4.78, 5) is 14.0. The van der Waals surface area contributed by atoms with Gasteiger partial charge in [0, 0.05) is 12.7 Å². The lowest BCUT2D eigenvalue weighted by Gasteiger charge is -2.46. The molecule has 1 saturated heterocycles. The Kier molecular flexibility index (Phi) is 3.68. The highest BCUT2D eigenvalue weighted by atomic mass is 16.5. The van der Waals surface area contributed by atoms with Gasteiger partial charge in [0.15, 0.2) is 0 Å². The molecule has 0 saturated carbocycles. The molecular weight excluding hydrogens is 230 g/mol. The van der Waals surface area contributed by atoms with E-state index in [0.717, 1.165) is 5.56 Å². The Morgan fingerprint density at radius 1 is 1.44 bits per heavy atom. The number of rotatable bonds is 4. The third-order valence-electron chi connectivity index (χ3n) is 3.46. The van der Waals surface area contributed by atoms with Crippen molar-refractivity contribution >= 4 is 5.91 Å². The SMILES string of the molecule is CCC1(O)CN(C(=O)c2ccccc2COC)C1. The van der Waals surface area contributed by atoms with Crippen molar-refractivity contribution in [3.8, 4) is 0 Å². The predicted octanol–water partition coefficient (Wildman–Crippen LogP) is 1.43. The molecule has 0 atom stereocenters. The summed E-state index contributed by atoms with van der Waals surface area (Å²) in [6, 6.07) is 7.43. The Balaban J connectivity index is 2.11. The van der Waals surface area contributed by atoms with Gasteiger partial charge in [-0.1, -0.05) is 25.1 Å². The van der Waals surface area contributed by atoms with Crippen molar-refractivity contribution in [1.29, 1.82) is 0 Å². The lowest BCUT2D eigenvalue weighted by Crippen LogP contribution is -2.63. The fourth-order valence-corrected chi connectivity index (χ4v) is 2.21. The van der Waals surface area contributed by atoms with Gasteiger partial charge in [-0.15, -0.1) is 0 Å². The maximum Gasteiger partial charge on any atom is 0.254 e. The van der Waals surface area contributed by atoms with Crippen LogP contribution in [-0.4, -0.2) is 41.7 Å². The highest BCUT2D eigenvalue weighted by Crippen LogP contribution is 2.26. The molecule has 1 N–H and O–H groups in total. The number of methoxy groups -OCH3 is 1. The van der Waals surface area contributed by atoms with E-state index >= 15 is 0 Å². The Bertz CT molecular complexity index is 438. The maximum absolute atomic E-state index is 12.3. The van der Waals surface area contributed by atoms with Crippen molar-refractivity contribution in [2.75, 3.05) is 20.2 Å². The fourth-order valence-electron chi connectivity index (χ4n) is 2.21. The fraction of sp³-hybridized carbons (Fsp3) is 0.500. The quantitative estimate of drug-likeness (QED) is 0.878. The number of hydrogen-bond acceptors (Lipinski definition) is 3. The highest BCUT2D eigenvalue weighted by molar-refractivity contribution is 5.96. The summed E-state index contributed by atoms with van der Waals surface area (Å²) in [6.07, 6.45) is 0.677. The van der Waals surface area contributed by atoms with Crippen LogP contribution >= 0.6 is 0 Å². The molecule has 1 amide bonds. The second kappa shape index (κ2) is 5.08. The Labute approximate surface area is 107 Å². The summed E-state index contributed by atoms with van der Waals surface area (Å²) in [7, 11) is 1.61. The first-order valence-corrected chi connectivity index (χ1v) is 6.18. The zero-order valence-electron chi connectivity index (χ0n) is 10.8. The van der Waals surface area contributed by atoms with Crippen molar-refractivity contribution in [1.82, 2.24) is 4.90 Å². The van der Waals surface area contributed by atoms with Crippen molar-refractivity contribution in [3.63, 3.8) is 0 Å². The van der Waals surface area contributed by atoms with Crippen LogP contribution in [0.5, 0.6) is 0 Å². The average Bonchev–Trinajstić information content (AvgIpc) is 2.35. The van der Waals surface area contributed by atoms with Crippen LogP contribution < -0.4 is 0 Å². The van der Waals surface area contributed by atoms with Gasteiger partial charge in [0.2, 0.25) is 0 Å². The van der Waals surface area contributed by atoms with Gasteiger partial charge in [-0.05, 0) is 18.1 Å². The van der Waals surface area contributed by atoms with Crippen molar-refractivity contribution in [2.45, 2.75) is 25.6 Å². The summed E-state index contributed by atoms with van der Waals surface area (Å²) in [5.41, 5.74) is 0.862. The van der Waals surface area contributed by atoms with Crippen molar-refractivity contribution in [2.24, 2.45) is 0 Å². The molecule has 4 nitrogen and oxygen atoms in total. The van der Waals surface area contributed by atoms with Gasteiger partial charge in [-0.2, -0.15) is 0 Å². The summed E-state index contributed by atoms with van der Waals surface area (Å²) in [5.74, 6) is -0.0271. The molecule has 1 aliphatic rings. The van der Waals surface area contributed by atoms with E-state index in [4.69, 9.17) is 4.74 Å². The van der Waals surface area contributed by atoms with E-state index in [1.54, 1.807) is 18.1 Å². The van der Waals surface area contributed by atoms with Crippen LogP contribution in [0, 0.1) is 0 Å². The Hall–Kier alpha value is -1.39. The number of benzene rings is 1. The van der Waals surface area contributed by atoms with E-state index < -0.39 is 5.60 Å². The van der Waals surface area contributed by atoms with E-state index in [1.807, 2.05) is 25.1 Å². The molecule has 1 aromatic rings. The molecule has 1 aromatic carbocycles. The van der Waals surface area contributed by atoms with Crippen molar-refractivity contribution < 1.29 is 14.6 Å². The number of nitrogens with zero attached hydrogens (tertiary/aromatic N) is 1. The first kappa shape index (κ1) is 13.1. The van der Waals surface area contributed by atoms with Gasteiger partial charge in [0.05, 0.1) is 25.3 Å². The number of hydrogen-bond donors (Lipinski definition) is 1. The smallest absolute Gasteiger partial charge is 0.254 e. The monoisotopic (exact) mass is 249 g/mol. The molecule has 0 aromatic heterocycles. The van der Waals surface area contributed by atoms with Gasteiger partial charge in [0.1, 0.15) is 0 Å². The van der Waals surface area contributed by atoms with Crippen LogP contribution in [-0.2, 0) is 11.3 Å². The largest absolute Gasteiger partial charge is 0.386 e. The van der Waals surface area contributed by atoms with Crippen LogP contribution in [0.2, 0.25) is 0 Å². The van der Waals surface area contributed by atoms with Gasteiger partial charge in [0.25, 0.3) is 5.91 Å². The molecule has 1 aliphatic heterocycles. The average molecular weight is 249 g/mol. The summed E-state index contributed by atoms with van der Waals surface area (Å²) < 4.78 is 5.09. The standard InChI is InChI=1S/C14H19NO3/c1-3-14(17)9-15(10-14)13(16)12-7-5-4-6-11(12)8-18-2/h4-7,17H,3,8-10H2,1-2H3. The van der Waals surface area contributed by atoms with Crippen LogP contribution in [0.1, 0.15) is 29.3 Å². The zero-order chi connectivity index (χ0) is 13.2. The minimum atomic E-state index is -0.689.